The van der Waals surface area contributed by atoms with E-state index in [1.165, 1.54) is 0 Å². The number of H-pyrrole nitrogens is 1. The highest BCUT2D eigenvalue weighted by Crippen LogP contribution is 1.98. The quantitative estimate of drug-likeness (QED) is 0.801. The standard InChI is InChI=1S/C13H7N3OS/c14-7-10(8-15)13-16-12(17)11(18-13)6-9-4-2-1-3-5-9/h1-6H,(H,16,17)/b11-6-. The van der Waals surface area contributed by atoms with Crippen molar-refractivity contribution in [2.45, 2.75) is 0 Å². The van der Waals surface area contributed by atoms with Crippen molar-refractivity contribution in [3.63, 3.8) is 0 Å². The molecule has 0 bridgehead atoms. The van der Waals surface area contributed by atoms with E-state index >= 15 is 0 Å². The molecule has 0 radical (unpaired) electrons. The van der Waals surface area contributed by atoms with E-state index in [1.54, 1.807) is 18.2 Å². The monoisotopic (exact) mass is 253 g/mol. The summed E-state index contributed by atoms with van der Waals surface area (Å²) in [7, 11) is 0. The van der Waals surface area contributed by atoms with Crippen molar-refractivity contribution in [2.24, 2.45) is 0 Å². The lowest BCUT2D eigenvalue weighted by atomic mass is 10.2. The number of thiazole rings is 1. The number of nitrogens with one attached hydrogen (secondary N) is 1. The number of benzene rings is 1. The zero-order chi connectivity index (χ0) is 13.0. The van der Waals surface area contributed by atoms with E-state index in [1.807, 2.05) is 30.3 Å². The van der Waals surface area contributed by atoms with Crippen LogP contribution < -0.4 is 14.8 Å². The second-order valence-corrected chi connectivity index (χ2v) is 4.46. The van der Waals surface area contributed by atoms with Crippen molar-refractivity contribution >= 4 is 23.0 Å². The van der Waals surface area contributed by atoms with Crippen molar-refractivity contribution in [3.05, 3.63) is 55.4 Å². The lowest BCUT2D eigenvalue weighted by Crippen LogP contribution is -2.20. The summed E-state index contributed by atoms with van der Waals surface area (Å²) in [4.78, 5) is 14.2. The summed E-state index contributed by atoms with van der Waals surface area (Å²) in [6.07, 6.45) is 1.72. The molecule has 4 nitrogen and oxygen atoms in total. The lowest BCUT2D eigenvalue weighted by molar-refractivity contribution is 1.25. The molecule has 0 saturated heterocycles. The Bertz CT molecular complexity index is 800. The third-order valence-electron chi connectivity index (χ3n) is 2.21. The van der Waals surface area contributed by atoms with Gasteiger partial charge in [-0.05, 0) is 11.6 Å². The first kappa shape index (κ1) is 11.8. The number of hydrogen-bond acceptors (Lipinski definition) is 4. The van der Waals surface area contributed by atoms with Crippen LogP contribution in [-0.2, 0) is 0 Å². The molecule has 0 amide bonds. The van der Waals surface area contributed by atoms with Crippen LogP contribution in [0.4, 0.5) is 0 Å². The second kappa shape index (κ2) is 5.13. The Kier molecular flexibility index (Phi) is 3.38. The molecule has 0 aliphatic heterocycles. The van der Waals surface area contributed by atoms with Crippen LogP contribution in [0.1, 0.15) is 5.56 Å². The third-order valence-corrected chi connectivity index (χ3v) is 3.24. The smallest absolute Gasteiger partial charge is 0.266 e. The fourth-order valence-corrected chi connectivity index (χ4v) is 2.28. The molecule has 1 aromatic carbocycles. The van der Waals surface area contributed by atoms with Crippen LogP contribution in [0.3, 0.4) is 0 Å². The van der Waals surface area contributed by atoms with E-state index in [2.05, 4.69) is 4.98 Å². The molecule has 0 unspecified atom stereocenters. The average Bonchev–Trinajstić information content (AvgIpc) is 2.74. The predicted molar refractivity (Wildman–Crippen MR) is 68.8 cm³/mol. The topological polar surface area (TPSA) is 80.4 Å². The van der Waals surface area contributed by atoms with Gasteiger partial charge in [0.25, 0.3) is 5.56 Å². The summed E-state index contributed by atoms with van der Waals surface area (Å²) in [5, 5.41) is 17.5. The van der Waals surface area contributed by atoms with E-state index in [0.29, 0.717) is 9.20 Å². The molecule has 2 aromatic rings. The van der Waals surface area contributed by atoms with Crippen molar-refractivity contribution < 1.29 is 0 Å². The molecule has 1 N–H and O–H groups in total. The van der Waals surface area contributed by atoms with Gasteiger partial charge in [0.05, 0.1) is 4.53 Å². The van der Waals surface area contributed by atoms with Gasteiger partial charge in [-0.15, -0.1) is 11.3 Å². The van der Waals surface area contributed by atoms with E-state index < -0.39 is 0 Å². The number of hydrogen-bond donors (Lipinski definition) is 1. The fourth-order valence-electron chi connectivity index (χ4n) is 1.38. The number of nitriles is 2. The highest BCUT2D eigenvalue weighted by molar-refractivity contribution is 7.07. The minimum absolute atomic E-state index is 0.0789. The van der Waals surface area contributed by atoms with Crippen LogP contribution in [0.25, 0.3) is 11.6 Å². The summed E-state index contributed by atoms with van der Waals surface area (Å²) in [5.74, 6) is 0. The predicted octanol–water partition coefficient (Wildman–Crippen LogP) is 0.463. The Morgan fingerprint density at radius 2 is 1.89 bits per heavy atom. The van der Waals surface area contributed by atoms with Gasteiger partial charge in [0.1, 0.15) is 16.8 Å². The molecule has 1 heterocycles. The molecule has 0 spiro atoms. The van der Waals surface area contributed by atoms with Gasteiger partial charge in [-0.25, -0.2) is 0 Å². The van der Waals surface area contributed by atoms with Gasteiger partial charge in [-0.3, -0.25) is 4.79 Å². The fraction of sp³-hybridized carbons (Fsp3) is 0. The highest BCUT2D eigenvalue weighted by atomic mass is 32.1. The van der Waals surface area contributed by atoms with Gasteiger partial charge < -0.3 is 4.98 Å². The average molecular weight is 253 g/mol. The van der Waals surface area contributed by atoms with E-state index in [-0.39, 0.29) is 11.1 Å². The van der Waals surface area contributed by atoms with Crippen LogP contribution in [0.2, 0.25) is 0 Å². The Labute approximate surface area is 106 Å². The number of rotatable bonds is 1. The first-order valence-electron chi connectivity index (χ1n) is 5.05. The van der Waals surface area contributed by atoms with Crippen molar-refractivity contribution in [1.82, 2.24) is 4.98 Å². The minimum Gasteiger partial charge on any atom is -0.311 e. The largest absolute Gasteiger partial charge is 0.311 e. The van der Waals surface area contributed by atoms with Gasteiger partial charge >= 0.3 is 0 Å². The molecule has 0 atom stereocenters. The molecule has 18 heavy (non-hydrogen) atoms. The maximum atomic E-state index is 11.7. The summed E-state index contributed by atoms with van der Waals surface area (Å²) in [6, 6.07) is 12.9. The Morgan fingerprint density at radius 1 is 1.22 bits per heavy atom. The summed E-state index contributed by atoms with van der Waals surface area (Å²) in [6.45, 7) is 0. The van der Waals surface area contributed by atoms with E-state index in [0.717, 1.165) is 16.9 Å². The van der Waals surface area contributed by atoms with Crippen LogP contribution in [0, 0.1) is 22.7 Å². The first-order chi connectivity index (χ1) is 8.74. The maximum absolute atomic E-state index is 11.7. The van der Waals surface area contributed by atoms with Crippen LogP contribution >= 0.6 is 11.3 Å². The summed E-state index contributed by atoms with van der Waals surface area (Å²) in [5.41, 5.74) is 0.526. The van der Waals surface area contributed by atoms with Crippen LogP contribution in [0.15, 0.2) is 35.1 Å². The van der Waals surface area contributed by atoms with Gasteiger partial charge in [-0.2, -0.15) is 10.5 Å². The van der Waals surface area contributed by atoms with Gasteiger partial charge in [-0.1, -0.05) is 30.3 Å². The lowest BCUT2D eigenvalue weighted by Gasteiger charge is -1.87. The summed E-state index contributed by atoms with van der Waals surface area (Å²) < 4.78 is 0.770. The minimum atomic E-state index is -0.290. The Morgan fingerprint density at radius 3 is 2.50 bits per heavy atom. The molecular weight excluding hydrogens is 246 g/mol. The number of aromatic amines is 1. The molecule has 0 fully saturated rings. The van der Waals surface area contributed by atoms with Crippen LogP contribution in [-0.4, -0.2) is 4.98 Å². The second-order valence-electron chi connectivity index (χ2n) is 3.40. The first-order valence-corrected chi connectivity index (χ1v) is 5.86. The molecule has 0 aliphatic rings. The normalized spacial score (nSPS) is 10.7. The maximum Gasteiger partial charge on any atom is 0.266 e. The summed E-state index contributed by atoms with van der Waals surface area (Å²) >= 11 is 1.11. The van der Waals surface area contributed by atoms with Crippen molar-refractivity contribution in [2.75, 3.05) is 0 Å². The SMILES string of the molecule is N#CC(C#N)=c1[nH]c(=O)/c(=C/c2ccccc2)s1. The molecule has 0 saturated carbocycles. The van der Waals surface area contributed by atoms with Gasteiger partial charge in [0, 0.05) is 0 Å². The number of aromatic nitrogens is 1. The molecule has 5 heteroatoms. The number of nitrogens with zero attached hydrogens (tertiary/aromatic N) is 2. The Hall–Kier alpha value is -2.63. The van der Waals surface area contributed by atoms with Crippen molar-refractivity contribution in [3.8, 4) is 12.1 Å². The zero-order valence-corrected chi connectivity index (χ0v) is 9.99. The molecule has 2 rings (SSSR count). The van der Waals surface area contributed by atoms with Crippen molar-refractivity contribution in [1.29, 1.82) is 10.5 Å². The van der Waals surface area contributed by atoms with E-state index in [9.17, 15) is 4.79 Å². The molecule has 1 aromatic heterocycles. The third kappa shape index (κ3) is 2.37. The van der Waals surface area contributed by atoms with E-state index in [4.69, 9.17) is 10.5 Å². The Balaban J connectivity index is 2.68. The van der Waals surface area contributed by atoms with Gasteiger partial charge in [0.15, 0.2) is 5.57 Å². The zero-order valence-electron chi connectivity index (χ0n) is 9.18. The van der Waals surface area contributed by atoms with Gasteiger partial charge in [0.2, 0.25) is 0 Å². The molecular formula is C13H7N3OS. The molecule has 0 aliphatic carbocycles. The highest BCUT2D eigenvalue weighted by Gasteiger charge is 2.00. The van der Waals surface area contributed by atoms with Crippen LogP contribution in [0.5, 0.6) is 0 Å². The molecule has 86 valence electrons.